The average Bonchev–Trinajstić information content (AvgIpc) is 2.74. The first-order chi connectivity index (χ1) is 14.1. The standard InChI is InChI=1S/C23H35N3O2S/c1-19-9-8-10-20(15-19)25-22(28)17-29-16-21(27)24-18-23(11-4-2-5-12-23)26-13-6-3-7-14-26/h8-10,15H,2-7,11-14,16-18H2,1H3,(H,24,27)(H,25,28). The number of benzene rings is 1. The number of carbonyl (C=O) groups is 2. The van der Waals surface area contributed by atoms with E-state index in [1.807, 2.05) is 31.2 Å². The monoisotopic (exact) mass is 417 g/mol. The number of likely N-dealkylation sites (tertiary alicyclic amines) is 1. The number of piperidine rings is 1. The molecule has 0 radical (unpaired) electrons. The number of thioether (sulfide) groups is 1. The first-order valence-corrected chi connectivity index (χ1v) is 12.2. The average molecular weight is 418 g/mol. The number of nitrogens with zero attached hydrogens (tertiary/aromatic N) is 1. The highest BCUT2D eigenvalue weighted by atomic mass is 32.2. The zero-order chi connectivity index (χ0) is 20.5. The Morgan fingerprint density at radius 3 is 2.41 bits per heavy atom. The van der Waals surface area contributed by atoms with E-state index in [4.69, 9.17) is 0 Å². The van der Waals surface area contributed by atoms with Crippen LogP contribution in [0.5, 0.6) is 0 Å². The SMILES string of the molecule is Cc1cccc(NC(=O)CSCC(=O)NCC2(N3CCCCC3)CCCCC2)c1. The van der Waals surface area contributed by atoms with Crippen molar-refractivity contribution in [2.45, 2.75) is 63.8 Å². The second-order valence-corrected chi connectivity index (χ2v) is 9.51. The third kappa shape index (κ3) is 6.75. The van der Waals surface area contributed by atoms with Crippen molar-refractivity contribution >= 4 is 29.3 Å². The number of hydrogen-bond donors (Lipinski definition) is 2. The van der Waals surface area contributed by atoms with Crippen molar-refractivity contribution in [1.29, 1.82) is 0 Å². The Hall–Kier alpha value is -1.53. The summed E-state index contributed by atoms with van der Waals surface area (Å²) >= 11 is 1.38. The van der Waals surface area contributed by atoms with Crippen molar-refractivity contribution in [2.24, 2.45) is 0 Å². The van der Waals surface area contributed by atoms with Crippen LogP contribution in [0.2, 0.25) is 0 Å². The minimum atomic E-state index is -0.0644. The number of anilines is 1. The van der Waals surface area contributed by atoms with Crippen LogP contribution in [0.3, 0.4) is 0 Å². The van der Waals surface area contributed by atoms with Crippen LogP contribution in [-0.2, 0) is 9.59 Å². The van der Waals surface area contributed by atoms with Gasteiger partial charge in [0.2, 0.25) is 11.8 Å². The van der Waals surface area contributed by atoms with Gasteiger partial charge in [-0.3, -0.25) is 14.5 Å². The van der Waals surface area contributed by atoms with E-state index in [2.05, 4.69) is 15.5 Å². The molecule has 5 nitrogen and oxygen atoms in total. The summed E-state index contributed by atoms with van der Waals surface area (Å²) < 4.78 is 0. The zero-order valence-corrected chi connectivity index (χ0v) is 18.5. The second kappa shape index (κ2) is 11.0. The normalized spacial score (nSPS) is 19.5. The van der Waals surface area contributed by atoms with Crippen LogP contribution >= 0.6 is 11.8 Å². The predicted octanol–water partition coefficient (Wildman–Crippen LogP) is 3.97. The summed E-state index contributed by atoms with van der Waals surface area (Å²) in [6.45, 7) is 5.09. The van der Waals surface area contributed by atoms with E-state index in [-0.39, 0.29) is 17.4 Å². The van der Waals surface area contributed by atoms with Gasteiger partial charge in [0, 0.05) is 17.8 Å². The highest BCUT2D eigenvalue weighted by Gasteiger charge is 2.38. The highest BCUT2D eigenvalue weighted by molar-refractivity contribution is 8.00. The molecule has 1 saturated heterocycles. The van der Waals surface area contributed by atoms with Gasteiger partial charge in [0.05, 0.1) is 11.5 Å². The molecule has 0 aromatic heterocycles. The molecule has 1 saturated carbocycles. The summed E-state index contributed by atoms with van der Waals surface area (Å²) in [5, 5.41) is 6.08. The molecule has 1 aliphatic heterocycles. The number of aryl methyl sites for hydroxylation is 1. The second-order valence-electron chi connectivity index (χ2n) is 8.52. The topological polar surface area (TPSA) is 61.4 Å². The lowest BCUT2D eigenvalue weighted by Crippen LogP contribution is -2.58. The summed E-state index contributed by atoms with van der Waals surface area (Å²) in [5.74, 6) is 0.599. The number of nitrogens with one attached hydrogen (secondary N) is 2. The summed E-state index contributed by atoms with van der Waals surface area (Å²) in [6, 6.07) is 7.75. The third-order valence-corrected chi connectivity index (χ3v) is 7.13. The van der Waals surface area contributed by atoms with Gasteiger partial charge in [0.1, 0.15) is 0 Å². The van der Waals surface area contributed by atoms with Crippen molar-refractivity contribution in [3.8, 4) is 0 Å². The van der Waals surface area contributed by atoms with Crippen LogP contribution < -0.4 is 10.6 Å². The minimum Gasteiger partial charge on any atom is -0.354 e. The largest absolute Gasteiger partial charge is 0.354 e. The van der Waals surface area contributed by atoms with Crippen LogP contribution in [0.1, 0.15) is 56.9 Å². The van der Waals surface area contributed by atoms with Crippen molar-refractivity contribution in [3.63, 3.8) is 0 Å². The fourth-order valence-electron chi connectivity index (χ4n) is 4.65. The molecule has 1 heterocycles. The maximum Gasteiger partial charge on any atom is 0.234 e. The maximum absolute atomic E-state index is 12.4. The Bertz CT molecular complexity index is 682. The molecule has 2 aliphatic rings. The predicted molar refractivity (Wildman–Crippen MR) is 121 cm³/mol. The molecule has 0 unspecified atom stereocenters. The molecule has 160 valence electrons. The molecular formula is C23H35N3O2S. The highest BCUT2D eigenvalue weighted by Crippen LogP contribution is 2.35. The van der Waals surface area contributed by atoms with Gasteiger partial charge >= 0.3 is 0 Å². The number of amides is 2. The first kappa shape index (κ1) is 22.2. The van der Waals surface area contributed by atoms with Crippen molar-refractivity contribution in [1.82, 2.24) is 10.2 Å². The fraction of sp³-hybridized carbons (Fsp3) is 0.652. The van der Waals surface area contributed by atoms with Crippen molar-refractivity contribution in [2.75, 3.05) is 36.5 Å². The minimum absolute atomic E-state index is 0.0420. The molecule has 0 spiro atoms. The van der Waals surface area contributed by atoms with Crippen LogP contribution in [0.4, 0.5) is 5.69 Å². The quantitative estimate of drug-likeness (QED) is 0.672. The lowest BCUT2D eigenvalue weighted by atomic mass is 9.79. The Morgan fingerprint density at radius 2 is 1.69 bits per heavy atom. The summed E-state index contributed by atoms with van der Waals surface area (Å²) in [7, 11) is 0. The van der Waals surface area contributed by atoms with Crippen molar-refractivity contribution < 1.29 is 9.59 Å². The molecule has 3 rings (SSSR count). The lowest BCUT2D eigenvalue weighted by molar-refractivity contribution is -0.119. The molecule has 6 heteroatoms. The molecule has 1 aromatic carbocycles. The van der Waals surface area contributed by atoms with Gasteiger partial charge in [-0.1, -0.05) is 37.8 Å². The van der Waals surface area contributed by atoms with E-state index in [1.54, 1.807) is 0 Å². The number of hydrogen-bond acceptors (Lipinski definition) is 4. The summed E-state index contributed by atoms with van der Waals surface area (Å²) in [4.78, 5) is 27.2. The van der Waals surface area contributed by atoms with E-state index in [0.717, 1.165) is 17.8 Å². The molecule has 0 bridgehead atoms. The molecule has 2 N–H and O–H groups in total. The van der Waals surface area contributed by atoms with Gasteiger partial charge in [0.25, 0.3) is 0 Å². The summed E-state index contributed by atoms with van der Waals surface area (Å²) in [5.41, 5.74) is 2.07. The van der Waals surface area contributed by atoms with Gasteiger partial charge in [-0.15, -0.1) is 11.8 Å². The lowest BCUT2D eigenvalue weighted by Gasteiger charge is -2.48. The molecular weight excluding hydrogens is 382 g/mol. The zero-order valence-electron chi connectivity index (χ0n) is 17.7. The van der Waals surface area contributed by atoms with Crippen LogP contribution in [0.15, 0.2) is 24.3 Å². The van der Waals surface area contributed by atoms with Gasteiger partial charge < -0.3 is 10.6 Å². The number of carbonyl (C=O) groups excluding carboxylic acids is 2. The van der Waals surface area contributed by atoms with E-state index in [1.165, 1.54) is 76.2 Å². The van der Waals surface area contributed by atoms with E-state index < -0.39 is 0 Å². The van der Waals surface area contributed by atoms with E-state index >= 15 is 0 Å². The van der Waals surface area contributed by atoms with E-state index in [0.29, 0.717) is 11.5 Å². The Balaban J connectivity index is 1.40. The van der Waals surface area contributed by atoms with Gasteiger partial charge in [-0.05, 0) is 63.4 Å². The molecule has 1 aliphatic carbocycles. The molecule has 29 heavy (non-hydrogen) atoms. The van der Waals surface area contributed by atoms with Crippen molar-refractivity contribution in [3.05, 3.63) is 29.8 Å². The third-order valence-electron chi connectivity index (χ3n) is 6.19. The van der Waals surface area contributed by atoms with Crippen LogP contribution in [-0.4, -0.2) is 53.4 Å². The molecule has 2 amide bonds. The first-order valence-electron chi connectivity index (χ1n) is 11.0. The van der Waals surface area contributed by atoms with Crippen LogP contribution in [0, 0.1) is 6.92 Å². The smallest absolute Gasteiger partial charge is 0.234 e. The van der Waals surface area contributed by atoms with E-state index in [9.17, 15) is 9.59 Å². The molecule has 0 atom stereocenters. The summed E-state index contributed by atoms with van der Waals surface area (Å²) in [6.07, 6.45) is 10.1. The molecule has 2 fully saturated rings. The Kier molecular flexibility index (Phi) is 8.42. The molecule has 1 aromatic rings. The van der Waals surface area contributed by atoms with Gasteiger partial charge in [-0.2, -0.15) is 0 Å². The number of rotatable bonds is 8. The van der Waals surface area contributed by atoms with Gasteiger partial charge in [-0.25, -0.2) is 0 Å². The fourth-order valence-corrected chi connectivity index (χ4v) is 5.30. The van der Waals surface area contributed by atoms with Gasteiger partial charge in [0.15, 0.2) is 0 Å². The van der Waals surface area contributed by atoms with Crippen LogP contribution in [0.25, 0.3) is 0 Å². The Labute approximate surface area is 179 Å². The maximum atomic E-state index is 12.4. The Morgan fingerprint density at radius 1 is 1.00 bits per heavy atom.